The smallest absolute Gasteiger partial charge is 0.326 e. The zero-order valence-corrected chi connectivity index (χ0v) is 16.3. The Kier molecular flexibility index (Phi) is 5.48. The van der Waals surface area contributed by atoms with Gasteiger partial charge in [0.1, 0.15) is 0 Å². The Morgan fingerprint density at radius 1 is 1.17 bits per heavy atom. The number of anilines is 1. The minimum atomic E-state index is -4.93. The maximum absolute atomic E-state index is 13.1. The molecule has 1 atom stereocenters. The van der Waals surface area contributed by atoms with Gasteiger partial charge in [0.25, 0.3) is 0 Å². The summed E-state index contributed by atoms with van der Waals surface area (Å²) in [5.74, 6) is 0. The van der Waals surface area contributed by atoms with Crippen LogP contribution >= 0.6 is 7.60 Å². The number of halogens is 3. The van der Waals surface area contributed by atoms with Gasteiger partial charge in [0.2, 0.25) is 0 Å². The van der Waals surface area contributed by atoms with Crippen molar-refractivity contribution < 1.29 is 32.3 Å². The van der Waals surface area contributed by atoms with E-state index in [9.17, 15) is 32.3 Å². The maximum atomic E-state index is 13.1. The van der Waals surface area contributed by atoms with Gasteiger partial charge in [-0.1, -0.05) is 18.2 Å². The Labute approximate surface area is 169 Å². The number of nitriles is 1. The third-order valence-corrected chi connectivity index (χ3v) is 5.78. The Bertz CT molecular complexity index is 1120. The summed E-state index contributed by atoms with van der Waals surface area (Å²) in [6.07, 6.45) is -4.66. The fourth-order valence-electron chi connectivity index (χ4n) is 3.23. The maximum Gasteiger partial charge on any atom is 0.416 e. The predicted octanol–water partition coefficient (Wildman–Crippen LogP) is 4.26. The monoisotopic (exact) mass is 437 g/mol. The average molecular weight is 437 g/mol. The highest BCUT2D eigenvalue weighted by Gasteiger charge is 2.41. The molecule has 3 N–H and O–H groups in total. The molecule has 0 aromatic heterocycles. The van der Waals surface area contributed by atoms with Crippen molar-refractivity contribution >= 4 is 19.3 Å². The third-order valence-electron chi connectivity index (χ3n) is 4.57. The molecule has 1 aliphatic rings. The first kappa shape index (κ1) is 21.6. The number of benzene rings is 2. The van der Waals surface area contributed by atoms with Crippen LogP contribution in [0.4, 0.5) is 23.7 Å². The van der Waals surface area contributed by atoms with Crippen LogP contribution in [0, 0.1) is 11.3 Å². The topological polar surface area (TPSA) is 114 Å². The van der Waals surface area contributed by atoms with Crippen molar-refractivity contribution in [2.24, 2.45) is 0 Å². The van der Waals surface area contributed by atoms with Crippen LogP contribution in [0.3, 0.4) is 0 Å². The summed E-state index contributed by atoms with van der Waals surface area (Å²) < 4.78 is 51.4. The lowest BCUT2D eigenvalue weighted by atomic mass is 10.0. The van der Waals surface area contributed by atoms with Crippen molar-refractivity contribution in [1.29, 1.82) is 5.26 Å². The molecule has 1 heterocycles. The summed E-state index contributed by atoms with van der Waals surface area (Å²) in [7, 11) is -4.93. The number of hydrogen-bond acceptors (Lipinski definition) is 3. The van der Waals surface area contributed by atoms with Crippen LogP contribution in [0.5, 0.6) is 0 Å². The largest absolute Gasteiger partial charge is 0.416 e. The van der Waals surface area contributed by atoms with E-state index in [1.165, 1.54) is 37.3 Å². The first-order valence-corrected chi connectivity index (χ1v) is 10.1. The standard InChI is InChI=1S/C19H15F3N3O4P/c1-11-17(30(27,28)29)16(13-7-5-12(10-23)6-8-13)24-18(26)25(11)15-4-2-3-14(9-15)19(20,21)22/h2-9,16H,1H3,(H,24,26)(H2,27,28,29). The van der Waals surface area contributed by atoms with E-state index in [0.717, 1.165) is 23.1 Å². The van der Waals surface area contributed by atoms with Crippen molar-refractivity contribution in [3.05, 3.63) is 76.2 Å². The molecule has 2 amide bonds. The second-order valence-electron chi connectivity index (χ2n) is 6.51. The lowest BCUT2D eigenvalue weighted by molar-refractivity contribution is -0.137. The van der Waals surface area contributed by atoms with Crippen molar-refractivity contribution in [2.75, 3.05) is 4.90 Å². The highest BCUT2D eigenvalue weighted by molar-refractivity contribution is 7.56. The zero-order valence-electron chi connectivity index (χ0n) is 15.4. The van der Waals surface area contributed by atoms with Crippen molar-refractivity contribution in [1.82, 2.24) is 5.32 Å². The van der Waals surface area contributed by atoms with Gasteiger partial charge in [-0.15, -0.1) is 0 Å². The summed E-state index contributed by atoms with van der Waals surface area (Å²) in [5, 5.41) is 10.9. The zero-order chi connectivity index (χ0) is 22.3. The number of allylic oxidation sites excluding steroid dienone is 1. The summed E-state index contributed by atoms with van der Waals surface area (Å²) >= 11 is 0. The molecule has 1 aliphatic heterocycles. The molecule has 0 spiro atoms. The number of carbonyl (C=O) groups is 1. The van der Waals surface area contributed by atoms with Gasteiger partial charge in [-0.25, -0.2) is 4.79 Å². The van der Waals surface area contributed by atoms with Gasteiger partial charge in [0.15, 0.2) is 0 Å². The van der Waals surface area contributed by atoms with E-state index in [1.54, 1.807) is 0 Å². The van der Waals surface area contributed by atoms with Crippen LogP contribution in [0.15, 0.2) is 59.5 Å². The van der Waals surface area contributed by atoms with Crippen molar-refractivity contribution in [2.45, 2.75) is 19.1 Å². The Balaban J connectivity index is 2.15. The molecule has 0 aliphatic carbocycles. The molecule has 11 heteroatoms. The summed E-state index contributed by atoms with van der Waals surface area (Å²) in [6, 6.07) is 9.45. The Morgan fingerprint density at radius 3 is 2.33 bits per heavy atom. The van der Waals surface area contributed by atoms with E-state index < -0.39 is 36.7 Å². The van der Waals surface area contributed by atoms with Gasteiger partial charge < -0.3 is 15.1 Å². The Hall–Kier alpha value is -3.12. The number of nitrogens with zero attached hydrogens (tertiary/aromatic N) is 2. The first-order valence-electron chi connectivity index (χ1n) is 8.48. The SMILES string of the molecule is CC1=C(P(=O)(O)O)C(c2ccc(C#N)cc2)NC(=O)N1c1cccc(C(F)(F)F)c1. The second kappa shape index (κ2) is 7.61. The number of rotatable bonds is 3. The molecule has 0 saturated heterocycles. The molecule has 30 heavy (non-hydrogen) atoms. The molecule has 1 unspecified atom stereocenters. The lowest BCUT2D eigenvalue weighted by Crippen LogP contribution is -2.46. The molecule has 0 radical (unpaired) electrons. The molecule has 0 bridgehead atoms. The third kappa shape index (κ3) is 4.09. The van der Waals surface area contributed by atoms with Gasteiger partial charge in [-0.3, -0.25) is 9.46 Å². The van der Waals surface area contributed by atoms with E-state index >= 15 is 0 Å². The normalized spacial score (nSPS) is 17.6. The molecule has 2 aromatic rings. The van der Waals surface area contributed by atoms with Crippen LogP contribution in [0.2, 0.25) is 0 Å². The number of alkyl halides is 3. The van der Waals surface area contributed by atoms with Crippen LogP contribution in [0.1, 0.15) is 29.7 Å². The van der Waals surface area contributed by atoms with Gasteiger partial charge in [0, 0.05) is 5.70 Å². The fourth-order valence-corrected chi connectivity index (χ4v) is 4.31. The number of hydrogen-bond donors (Lipinski definition) is 3. The molecular weight excluding hydrogens is 422 g/mol. The predicted molar refractivity (Wildman–Crippen MR) is 101 cm³/mol. The summed E-state index contributed by atoms with van der Waals surface area (Å²) in [5.41, 5.74) is -0.758. The summed E-state index contributed by atoms with van der Waals surface area (Å²) in [4.78, 5) is 33.4. The van der Waals surface area contributed by atoms with E-state index in [0.29, 0.717) is 11.1 Å². The Morgan fingerprint density at radius 2 is 1.80 bits per heavy atom. The molecule has 3 rings (SSSR count). The summed E-state index contributed by atoms with van der Waals surface area (Å²) in [6.45, 7) is 1.25. The van der Waals surface area contributed by atoms with Crippen LogP contribution in [-0.2, 0) is 10.7 Å². The molecule has 156 valence electrons. The van der Waals surface area contributed by atoms with Gasteiger partial charge in [-0.05, 0) is 42.8 Å². The molecule has 0 fully saturated rings. The first-order chi connectivity index (χ1) is 13.9. The lowest BCUT2D eigenvalue weighted by Gasteiger charge is -2.36. The van der Waals surface area contributed by atoms with Gasteiger partial charge in [-0.2, -0.15) is 18.4 Å². The number of amides is 2. The van der Waals surface area contributed by atoms with E-state index in [2.05, 4.69) is 5.32 Å². The van der Waals surface area contributed by atoms with Crippen LogP contribution in [-0.4, -0.2) is 15.8 Å². The van der Waals surface area contributed by atoms with Gasteiger partial charge in [0.05, 0.1) is 34.2 Å². The van der Waals surface area contributed by atoms with E-state index in [-0.39, 0.29) is 11.4 Å². The van der Waals surface area contributed by atoms with Crippen molar-refractivity contribution in [3.8, 4) is 6.07 Å². The molecule has 7 nitrogen and oxygen atoms in total. The fraction of sp³-hybridized carbons (Fsp3) is 0.158. The highest BCUT2D eigenvalue weighted by Crippen LogP contribution is 2.54. The van der Waals surface area contributed by atoms with Crippen LogP contribution in [0.25, 0.3) is 0 Å². The van der Waals surface area contributed by atoms with Crippen molar-refractivity contribution in [3.63, 3.8) is 0 Å². The number of urea groups is 1. The number of nitrogens with one attached hydrogen (secondary N) is 1. The van der Waals surface area contributed by atoms with Gasteiger partial charge >= 0.3 is 19.8 Å². The number of carbonyl (C=O) groups excluding carboxylic acids is 1. The van der Waals surface area contributed by atoms with E-state index in [4.69, 9.17) is 5.26 Å². The minimum absolute atomic E-state index is 0.180. The molecular formula is C19H15F3N3O4P. The highest BCUT2D eigenvalue weighted by atomic mass is 31.2. The minimum Gasteiger partial charge on any atom is -0.326 e. The molecule has 2 aromatic carbocycles. The van der Waals surface area contributed by atoms with E-state index in [1.807, 2.05) is 6.07 Å². The second-order valence-corrected chi connectivity index (χ2v) is 8.08. The quantitative estimate of drug-likeness (QED) is 0.621. The average Bonchev–Trinajstić information content (AvgIpc) is 2.66. The van der Waals surface area contributed by atoms with Crippen LogP contribution < -0.4 is 10.2 Å². The molecule has 0 saturated carbocycles.